The fraction of sp³-hybridized carbons (Fsp3) is 0.333. The Balaban J connectivity index is 2.11. The summed E-state index contributed by atoms with van der Waals surface area (Å²) in [4.78, 5) is 2.18. The molecule has 3 nitrogen and oxygen atoms in total. The molecule has 1 heterocycles. The molecule has 0 amide bonds. The van der Waals surface area contributed by atoms with Crippen LogP contribution in [0.3, 0.4) is 0 Å². The number of ether oxygens (including phenoxy) is 1. The highest BCUT2D eigenvalue weighted by Crippen LogP contribution is 2.36. The van der Waals surface area contributed by atoms with Gasteiger partial charge in [-0.05, 0) is 18.2 Å². The van der Waals surface area contributed by atoms with Gasteiger partial charge in [-0.25, -0.2) is 0 Å². The predicted octanol–water partition coefficient (Wildman–Crippen LogP) is 2.25. The van der Waals surface area contributed by atoms with Crippen LogP contribution in [0.2, 0.25) is 0 Å². The minimum atomic E-state index is -1.07. The number of nitrogens with zero attached hydrogens (tertiary/aromatic N) is 1. The number of likely N-dealkylation sites (N-methyl/N-ethyl adjacent to an activating group) is 1. The second kappa shape index (κ2) is 5.98. The Hall–Kier alpha value is -1.68. The van der Waals surface area contributed by atoms with Crippen molar-refractivity contribution in [3.05, 3.63) is 71.8 Å². The summed E-state index contributed by atoms with van der Waals surface area (Å²) < 4.78 is 5.64. The van der Waals surface area contributed by atoms with Gasteiger partial charge in [0.15, 0.2) is 0 Å². The molecular formula is C18H21NO2. The van der Waals surface area contributed by atoms with E-state index in [1.807, 2.05) is 67.7 Å². The van der Waals surface area contributed by atoms with E-state index in [1.165, 1.54) is 0 Å². The molecule has 3 rings (SSSR count). The third-order valence-electron chi connectivity index (χ3n) is 4.31. The first-order chi connectivity index (χ1) is 10.2. The van der Waals surface area contributed by atoms with E-state index in [4.69, 9.17) is 4.74 Å². The average molecular weight is 283 g/mol. The van der Waals surface area contributed by atoms with E-state index in [2.05, 4.69) is 4.90 Å². The molecule has 0 spiro atoms. The lowest BCUT2D eigenvalue weighted by atomic mass is 9.79. The van der Waals surface area contributed by atoms with Crippen molar-refractivity contribution in [3.8, 4) is 0 Å². The molecule has 1 N–H and O–H groups in total. The maximum atomic E-state index is 11.6. The van der Waals surface area contributed by atoms with Crippen molar-refractivity contribution in [2.75, 3.05) is 26.8 Å². The van der Waals surface area contributed by atoms with Gasteiger partial charge in [0.2, 0.25) is 0 Å². The molecule has 0 bridgehead atoms. The SMILES string of the molecule is CN1CCOC[C@H]1C(O)(c1ccccc1)c1ccccc1. The van der Waals surface area contributed by atoms with Crippen LogP contribution in [0, 0.1) is 0 Å². The number of aliphatic hydroxyl groups is 1. The van der Waals surface area contributed by atoms with Crippen molar-refractivity contribution < 1.29 is 9.84 Å². The number of morpholine rings is 1. The highest BCUT2D eigenvalue weighted by Gasteiger charge is 2.43. The molecule has 3 heteroatoms. The minimum Gasteiger partial charge on any atom is -0.379 e. The second-order valence-electron chi connectivity index (χ2n) is 5.57. The van der Waals surface area contributed by atoms with Crippen molar-refractivity contribution in [3.63, 3.8) is 0 Å². The average Bonchev–Trinajstić information content (AvgIpc) is 2.56. The van der Waals surface area contributed by atoms with Crippen LogP contribution in [0.15, 0.2) is 60.7 Å². The highest BCUT2D eigenvalue weighted by atomic mass is 16.5. The molecule has 1 atom stereocenters. The van der Waals surface area contributed by atoms with Crippen molar-refractivity contribution in [1.29, 1.82) is 0 Å². The second-order valence-corrected chi connectivity index (χ2v) is 5.57. The summed E-state index contributed by atoms with van der Waals surface area (Å²) in [6.45, 7) is 2.07. The van der Waals surface area contributed by atoms with Crippen LogP contribution in [0.25, 0.3) is 0 Å². The maximum Gasteiger partial charge on any atom is 0.132 e. The lowest BCUT2D eigenvalue weighted by Crippen LogP contribution is -2.56. The van der Waals surface area contributed by atoms with Crippen molar-refractivity contribution >= 4 is 0 Å². The fourth-order valence-electron chi connectivity index (χ4n) is 3.06. The van der Waals surface area contributed by atoms with Crippen LogP contribution < -0.4 is 0 Å². The summed E-state index contributed by atoms with van der Waals surface area (Å²) in [7, 11) is 2.05. The van der Waals surface area contributed by atoms with Gasteiger partial charge < -0.3 is 9.84 Å². The van der Waals surface area contributed by atoms with Crippen LogP contribution in [0.1, 0.15) is 11.1 Å². The molecule has 0 aliphatic carbocycles. The zero-order valence-electron chi connectivity index (χ0n) is 12.3. The van der Waals surface area contributed by atoms with Crippen LogP contribution in [0.4, 0.5) is 0 Å². The summed E-state index contributed by atoms with van der Waals surface area (Å²) in [5, 5.41) is 11.6. The molecule has 21 heavy (non-hydrogen) atoms. The van der Waals surface area contributed by atoms with Gasteiger partial charge >= 0.3 is 0 Å². The first-order valence-corrected chi connectivity index (χ1v) is 7.34. The van der Waals surface area contributed by atoms with E-state index < -0.39 is 5.60 Å². The Bertz CT molecular complexity index is 531. The molecule has 1 aliphatic rings. The van der Waals surface area contributed by atoms with Crippen molar-refractivity contribution in [1.82, 2.24) is 4.90 Å². The molecule has 2 aromatic rings. The van der Waals surface area contributed by atoms with E-state index in [0.29, 0.717) is 13.2 Å². The van der Waals surface area contributed by atoms with E-state index in [-0.39, 0.29) is 6.04 Å². The smallest absolute Gasteiger partial charge is 0.132 e. The summed E-state index contributed by atoms with van der Waals surface area (Å²) in [5.74, 6) is 0. The highest BCUT2D eigenvalue weighted by molar-refractivity contribution is 5.38. The molecule has 0 radical (unpaired) electrons. The maximum absolute atomic E-state index is 11.6. The van der Waals surface area contributed by atoms with Gasteiger partial charge in [0.1, 0.15) is 5.60 Å². The normalized spacial score (nSPS) is 20.4. The molecule has 1 aliphatic heterocycles. The van der Waals surface area contributed by atoms with Crippen LogP contribution in [-0.2, 0) is 10.3 Å². The topological polar surface area (TPSA) is 32.7 Å². The standard InChI is InChI=1S/C18H21NO2/c1-19-12-13-21-14-17(19)18(20,15-8-4-2-5-9-15)16-10-6-3-7-11-16/h2-11,17,20H,12-14H2,1H3/t17-/m0/s1. The monoisotopic (exact) mass is 283 g/mol. The molecule has 2 aromatic carbocycles. The molecule has 0 unspecified atom stereocenters. The van der Waals surface area contributed by atoms with Crippen molar-refractivity contribution in [2.45, 2.75) is 11.6 Å². The Morgan fingerprint density at radius 1 is 1.00 bits per heavy atom. The molecule has 110 valence electrons. The minimum absolute atomic E-state index is 0.101. The Morgan fingerprint density at radius 3 is 2.00 bits per heavy atom. The summed E-state index contributed by atoms with van der Waals surface area (Å²) in [5.41, 5.74) is 0.731. The van der Waals surface area contributed by atoms with E-state index >= 15 is 0 Å². The molecular weight excluding hydrogens is 262 g/mol. The number of benzene rings is 2. The molecule has 1 saturated heterocycles. The summed E-state index contributed by atoms with van der Waals surface area (Å²) in [6.07, 6.45) is 0. The Kier molecular flexibility index (Phi) is 4.06. The molecule has 1 fully saturated rings. The van der Waals surface area contributed by atoms with Gasteiger partial charge in [-0.1, -0.05) is 60.7 Å². The largest absolute Gasteiger partial charge is 0.379 e. The zero-order valence-corrected chi connectivity index (χ0v) is 12.3. The van der Waals surface area contributed by atoms with Gasteiger partial charge in [0.05, 0.1) is 19.3 Å². The Labute approximate surface area is 125 Å². The van der Waals surface area contributed by atoms with Gasteiger partial charge in [-0.3, -0.25) is 4.90 Å². The number of hydrogen-bond donors (Lipinski definition) is 1. The van der Waals surface area contributed by atoms with E-state index in [9.17, 15) is 5.11 Å². The quantitative estimate of drug-likeness (QED) is 0.938. The lowest BCUT2D eigenvalue weighted by Gasteiger charge is -2.44. The number of rotatable bonds is 3. The lowest BCUT2D eigenvalue weighted by molar-refractivity contribution is -0.0875. The van der Waals surface area contributed by atoms with E-state index in [1.54, 1.807) is 0 Å². The van der Waals surface area contributed by atoms with E-state index in [0.717, 1.165) is 17.7 Å². The third-order valence-corrected chi connectivity index (χ3v) is 4.31. The number of hydrogen-bond acceptors (Lipinski definition) is 3. The van der Waals surface area contributed by atoms with Gasteiger partial charge in [0.25, 0.3) is 0 Å². The van der Waals surface area contributed by atoms with Gasteiger partial charge in [-0.2, -0.15) is 0 Å². The summed E-state index contributed by atoms with van der Waals surface area (Å²) >= 11 is 0. The van der Waals surface area contributed by atoms with Gasteiger partial charge in [0, 0.05) is 6.54 Å². The Morgan fingerprint density at radius 2 is 1.52 bits per heavy atom. The van der Waals surface area contributed by atoms with Crippen LogP contribution >= 0.6 is 0 Å². The van der Waals surface area contributed by atoms with Crippen LogP contribution in [-0.4, -0.2) is 42.9 Å². The third kappa shape index (κ3) is 2.60. The summed E-state index contributed by atoms with van der Waals surface area (Å²) in [6, 6.07) is 19.6. The zero-order chi connectivity index (χ0) is 14.7. The van der Waals surface area contributed by atoms with Gasteiger partial charge in [-0.15, -0.1) is 0 Å². The first-order valence-electron chi connectivity index (χ1n) is 7.34. The fourth-order valence-corrected chi connectivity index (χ4v) is 3.06. The first kappa shape index (κ1) is 14.3. The molecule has 0 saturated carbocycles. The predicted molar refractivity (Wildman–Crippen MR) is 83.1 cm³/mol. The van der Waals surface area contributed by atoms with Crippen molar-refractivity contribution in [2.24, 2.45) is 0 Å². The molecule has 0 aromatic heterocycles. The van der Waals surface area contributed by atoms with Crippen LogP contribution in [0.5, 0.6) is 0 Å².